The van der Waals surface area contributed by atoms with Crippen LogP contribution in [0.25, 0.3) is 0 Å². The Morgan fingerprint density at radius 3 is 2.67 bits per heavy atom. The summed E-state index contributed by atoms with van der Waals surface area (Å²) in [5.41, 5.74) is 1.08. The molecule has 2 rings (SSSR count). The first kappa shape index (κ1) is 13.5. The van der Waals surface area contributed by atoms with Crippen LogP contribution in [-0.2, 0) is 11.2 Å². The topological polar surface area (TPSA) is 29.1 Å². The first-order valence-corrected chi connectivity index (χ1v) is 7.82. The minimum absolute atomic E-state index is 0.133. The van der Waals surface area contributed by atoms with Crippen molar-refractivity contribution in [2.24, 2.45) is 0 Å². The largest absolute Gasteiger partial charge is 0.355 e. The van der Waals surface area contributed by atoms with Crippen LogP contribution < -0.4 is 5.32 Å². The van der Waals surface area contributed by atoms with Crippen LogP contribution in [0.5, 0.6) is 0 Å². The zero-order chi connectivity index (χ0) is 12.6. The quantitative estimate of drug-likeness (QED) is 0.799. The van der Waals surface area contributed by atoms with E-state index in [2.05, 4.69) is 5.32 Å². The van der Waals surface area contributed by atoms with E-state index < -0.39 is 0 Å². The van der Waals surface area contributed by atoms with Crippen LogP contribution in [0.4, 0.5) is 0 Å². The number of amides is 1. The van der Waals surface area contributed by atoms with Gasteiger partial charge in [0.25, 0.3) is 0 Å². The highest BCUT2D eigenvalue weighted by molar-refractivity contribution is 7.99. The Morgan fingerprint density at radius 1 is 1.22 bits per heavy atom. The predicted octanol–water partition coefficient (Wildman–Crippen LogP) is 3.02. The van der Waals surface area contributed by atoms with Crippen molar-refractivity contribution in [2.75, 3.05) is 12.3 Å². The summed E-state index contributed by atoms with van der Waals surface area (Å²) in [5, 5.41) is 3.84. The Bertz CT molecular complexity index is 360. The number of hydrogen-bond acceptors (Lipinski definition) is 2. The summed E-state index contributed by atoms with van der Waals surface area (Å²) in [7, 11) is 0. The first-order chi connectivity index (χ1) is 8.84. The molecule has 2 nitrogen and oxygen atoms in total. The molecule has 0 radical (unpaired) electrons. The maximum Gasteiger partial charge on any atom is 0.224 e. The zero-order valence-corrected chi connectivity index (χ0v) is 11.5. The van der Waals surface area contributed by atoms with Gasteiger partial charge in [0.15, 0.2) is 0 Å². The van der Waals surface area contributed by atoms with Crippen LogP contribution >= 0.6 is 11.8 Å². The number of carbonyl (C=O) groups is 1. The Labute approximate surface area is 114 Å². The molecular weight excluding hydrogens is 242 g/mol. The van der Waals surface area contributed by atoms with Crippen molar-refractivity contribution in [3.63, 3.8) is 0 Å². The molecule has 0 unspecified atom stereocenters. The molecule has 0 bridgehead atoms. The van der Waals surface area contributed by atoms with Crippen LogP contribution in [0, 0.1) is 0 Å². The SMILES string of the molecule is O=C(Cc1ccccc1)NCCSC1CCCC1. The Hall–Kier alpha value is -0.960. The third-order valence-corrected chi connectivity index (χ3v) is 4.67. The van der Waals surface area contributed by atoms with Crippen LogP contribution in [0.15, 0.2) is 30.3 Å². The molecule has 1 aromatic carbocycles. The Morgan fingerprint density at radius 2 is 1.94 bits per heavy atom. The maximum absolute atomic E-state index is 11.7. The second-order valence-corrected chi connectivity index (χ2v) is 6.20. The molecule has 18 heavy (non-hydrogen) atoms. The second-order valence-electron chi connectivity index (χ2n) is 4.79. The minimum Gasteiger partial charge on any atom is -0.355 e. The number of thioether (sulfide) groups is 1. The van der Waals surface area contributed by atoms with E-state index in [-0.39, 0.29) is 5.91 Å². The Balaban J connectivity index is 1.57. The highest BCUT2D eigenvalue weighted by atomic mass is 32.2. The van der Waals surface area contributed by atoms with Gasteiger partial charge in [0, 0.05) is 17.5 Å². The van der Waals surface area contributed by atoms with Crippen molar-refractivity contribution in [1.29, 1.82) is 0 Å². The zero-order valence-electron chi connectivity index (χ0n) is 10.7. The highest BCUT2D eigenvalue weighted by Gasteiger charge is 2.14. The lowest BCUT2D eigenvalue weighted by atomic mass is 10.1. The van der Waals surface area contributed by atoms with Crippen molar-refractivity contribution < 1.29 is 4.79 Å². The average molecular weight is 263 g/mol. The van der Waals surface area contributed by atoms with Crippen LogP contribution in [0.2, 0.25) is 0 Å². The third-order valence-electron chi connectivity index (χ3n) is 3.29. The molecule has 3 heteroatoms. The lowest BCUT2D eigenvalue weighted by molar-refractivity contribution is -0.120. The van der Waals surface area contributed by atoms with Gasteiger partial charge < -0.3 is 5.32 Å². The van der Waals surface area contributed by atoms with Gasteiger partial charge in [-0.3, -0.25) is 4.79 Å². The van der Waals surface area contributed by atoms with Crippen LogP contribution in [-0.4, -0.2) is 23.5 Å². The van der Waals surface area contributed by atoms with E-state index >= 15 is 0 Å². The highest BCUT2D eigenvalue weighted by Crippen LogP contribution is 2.28. The van der Waals surface area contributed by atoms with Gasteiger partial charge in [0.1, 0.15) is 0 Å². The molecule has 1 amide bonds. The van der Waals surface area contributed by atoms with Crippen molar-refractivity contribution in [1.82, 2.24) is 5.32 Å². The van der Waals surface area contributed by atoms with Crippen molar-refractivity contribution in [2.45, 2.75) is 37.4 Å². The fourth-order valence-electron chi connectivity index (χ4n) is 2.31. The van der Waals surface area contributed by atoms with Crippen molar-refractivity contribution >= 4 is 17.7 Å². The van der Waals surface area contributed by atoms with E-state index in [0.29, 0.717) is 6.42 Å². The molecule has 0 atom stereocenters. The molecule has 1 N–H and O–H groups in total. The molecule has 0 heterocycles. The van der Waals surface area contributed by atoms with E-state index in [4.69, 9.17) is 0 Å². The summed E-state index contributed by atoms with van der Waals surface area (Å²) in [6.45, 7) is 0.798. The number of hydrogen-bond donors (Lipinski definition) is 1. The van der Waals surface area contributed by atoms with Crippen LogP contribution in [0.3, 0.4) is 0 Å². The van der Waals surface area contributed by atoms with Gasteiger partial charge in [-0.15, -0.1) is 0 Å². The van der Waals surface area contributed by atoms with E-state index in [1.807, 2.05) is 42.1 Å². The average Bonchev–Trinajstić information content (AvgIpc) is 2.89. The predicted molar refractivity (Wildman–Crippen MR) is 77.9 cm³/mol. The number of carbonyl (C=O) groups excluding carboxylic acids is 1. The number of rotatable bonds is 6. The van der Waals surface area contributed by atoms with Gasteiger partial charge in [0.05, 0.1) is 6.42 Å². The fourth-order valence-corrected chi connectivity index (χ4v) is 3.53. The van der Waals surface area contributed by atoms with E-state index in [9.17, 15) is 4.79 Å². The van der Waals surface area contributed by atoms with Gasteiger partial charge in [0.2, 0.25) is 5.91 Å². The molecule has 98 valence electrons. The van der Waals surface area contributed by atoms with Crippen molar-refractivity contribution in [3.05, 3.63) is 35.9 Å². The van der Waals surface area contributed by atoms with Crippen LogP contribution in [0.1, 0.15) is 31.2 Å². The van der Waals surface area contributed by atoms with Gasteiger partial charge in [-0.05, 0) is 18.4 Å². The molecule has 0 saturated heterocycles. The molecule has 0 aliphatic heterocycles. The summed E-state index contributed by atoms with van der Waals surface area (Å²) in [6.07, 6.45) is 6.00. The molecule has 1 aliphatic carbocycles. The summed E-state index contributed by atoms with van der Waals surface area (Å²) in [6, 6.07) is 9.90. The molecule has 1 saturated carbocycles. The van der Waals surface area contributed by atoms with Crippen molar-refractivity contribution in [3.8, 4) is 0 Å². The third kappa shape index (κ3) is 4.73. The smallest absolute Gasteiger partial charge is 0.224 e. The van der Waals surface area contributed by atoms with E-state index in [0.717, 1.165) is 23.1 Å². The summed E-state index contributed by atoms with van der Waals surface area (Å²) in [4.78, 5) is 11.7. The minimum atomic E-state index is 0.133. The number of nitrogens with one attached hydrogen (secondary N) is 1. The van der Waals surface area contributed by atoms with Gasteiger partial charge >= 0.3 is 0 Å². The number of benzene rings is 1. The molecule has 1 aliphatic rings. The molecular formula is C15H21NOS. The normalized spacial score (nSPS) is 15.8. The monoisotopic (exact) mass is 263 g/mol. The van der Waals surface area contributed by atoms with Gasteiger partial charge in [-0.1, -0.05) is 43.2 Å². The lowest BCUT2D eigenvalue weighted by Gasteiger charge is -2.09. The molecule has 1 aromatic rings. The Kier molecular flexibility index (Phi) is 5.59. The molecule has 0 aromatic heterocycles. The first-order valence-electron chi connectivity index (χ1n) is 6.77. The standard InChI is InChI=1S/C15H21NOS/c17-15(12-13-6-2-1-3-7-13)16-10-11-18-14-8-4-5-9-14/h1-3,6-7,14H,4-5,8-12H2,(H,16,17). The van der Waals surface area contributed by atoms with Gasteiger partial charge in [-0.25, -0.2) is 0 Å². The second kappa shape index (κ2) is 7.47. The summed E-state index contributed by atoms with van der Waals surface area (Å²) < 4.78 is 0. The molecule has 1 fully saturated rings. The lowest BCUT2D eigenvalue weighted by Crippen LogP contribution is -2.27. The summed E-state index contributed by atoms with van der Waals surface area (Å²) >= 11 is 2.02. The fraction of sp³-hybridized carbons (Fsp3) is 0.533. The van der Waals surface area contributed by atoms with Gasteiger partial charge in [-0.2, -0.15) is 11.8 Å². The maximum atomic E-state index is 11.7. The van der Waals surface area contributed by atoms with E-state index in [1.165, 1.54) is 25.7 Å². The van der Waals surface area contributed by atoms with E-state index in [1.54, 1.807) is 0 Å². The summed E-state index contributed by atoms with van der Waals surface area (Å²) in [5.74, 6) is 1.18. The molecule has 0 spiro atoms.